The van der Waals surface area contributed by atoms with Crippen LogP contribution in [0.3, 0.4) is 0 Å². The van der Waals surface area contributed by atoms with Crippen molar-refractivity contribution >= 4 is 9.28 Å². The van der Waals surface area contributed by atoms with E-state index in [1.807, 2.05) is 0 Å². The van der Waals surface area contributed by atoms with E-state index >= 15 is 0 Å². The highest BCUT2D eigenvalue weighted by Crippen LogP contribution is 2.24. The molecule has 2 unspecified atom stereocenters. The molecular formula is C10H23NO3Si. The summed E-state index contributed by atoms with van der Waals surface area (Å²) in [7, 11) is 1.97. The molecule has 4 nitrogen and oxygen atoms in total. The Bertz CT molecular complexity index is 161. The van der Waals surface area contributed by atoms with Gasteiger partial charge in [0, 0.05) is 32.3 Å². The second-order valence-electron chi connectivity index (χ2n) is 3.93. The zero-order valence-electron chi connectivity index (χ0n) is 9.99. The van der Waals surface area contributed by atoms with Crippen LogP contribution in [0.4, 0.5) is 0 Å². The Labute approximate surface area is 94.1 Å². The van der Waals surface area contributed by atoms with Crippen LogP contribution < -0.4 is 5.32 Å². The quantitative estimate of drug-likeness (QED) is 0.684. The summed E-state index contributed by atoms with van der Waals surface area (Å²) in [5.74, 6) is 0. The van der Waals surface area contributed by atoms with Gasteiger partial charge >= 0.3 is 9.28 Å². The number of ether oxygens (including phenoxy) is 1. The van der Waals surface area contributed by atoms with E-state index in [1.54, 1.807) is 14.2 Å². The molecule has 0 amide bonds. The van der Waals surface area contributed by atoms with Crippen LogP contribution >= 0.6 is 0 Å². The van der Waals surface area contributed by atoms with E-state index in [-0.39, 0.29) is 0 Å². The average Bonchev–Trinajstić information content (AvgIpc) is 2.30. The minimum Gasteiger partial charge on any atom is -0.400 e. The highest BCUT2D eigenvalue weighted by atomic mass is 28.3. The lowest BCUT2D eigenvalue weighted by Crippen LogP contribution is -2.49. The highest BCUT2D eigenvalue weighted by Gasteiger charge is 2.32. The van der Waals surface area contributed by atoms with Crippen molar-refractivity contribution in [2.75, 3.05) is 34.0 Å². The van der Waals surface area contributed by atoms with E-state index in [2.05, 4.69) is 12.2 Å². The third kappa shape index (κ3) is 3.84. The number of morpholine rings is 1. The molecule has 1 rings (SSSR count). The lowest BCUT2D eigenvalue weighted by atomic mass is 10.1. The van der Waals surface area contributed by atoms with Crippen LogP contribution in [-0.2, 0) is 13.6 Å². The maximum absolute atomic E-state index is 5.50. The van der Waals surface area contributed by atoms with Gasteiger partial charge in [0.05, 0.1) is 13.2 Å². The first kappa shape index (κ1) is 13.1. The van der Waals surface area contributed by atoms with Crippen LogP contribution in [-0.4, -0.2) is 49.3 Å². The maximum Gasteiger partial charge on any atom is 0.325 e. The summed E-state index contributed by atoms with van der Waals surface area (Å²) in [6.07, 6.45) is 2.32. The van der Waals surface area contributed by atoms with Crippen molar-refractivity contribution in [1.82, 2.24) is 5.32 Å². The fraction of sp³-hybridized carbons (Fsp3) is 1.00. The topological polar surface area (TPSA) is 39.7 Å². The minimum atomic E-state index is -1.54. The number of rotatable bonds is 6. The van der Waals surface area contributed by atoms with Gasteiger partial charge in [0.2, 0.25) is 0 Å². The zero-order chi connectivity index (χ0) is 11.1. The summed E-state index contributed by atoms with van der Waals surface area (Å²) in [5.41, 5.74) is 0.505. The summed E-state index contributed by atoms with van der Waals surface area (Å²) < 4.78 is 16.5. The van der Waals surface area contributed by atoms with Crippen molar-refractivity contribution in [3.8, 4) is 0 Å². The molecule has 5 heteroatoms. The smallest absolute Gasteiger partial charge is 0.325 e. The Kier molecular flexibility index (Phi) is 6.43. The zero-order valence-corrected chi connectivity index (χ0v) is 11.1. The third-order valence-electron chi connectivity index (χ3n) is 2.90. The monoisotopic (exact) mass is 233 g/mol. The first-order valence-electron chi connectivity index (χ1n) is 5.70. The summed E-state index contributed by atoms with van der Waals surface area (Å²) >= 11 is 0. The predicted molar refractivity (Wildman–Crippen MR) is 62.4 cm³/mol. The summed E-state index contributed by atoms with van der Waals surface area (Å²) in [6.45, 7) is 4.76. The first-order valence-corrected chi connectivity index (χ1v) is 7.31. The van der Waals surface area contributed by atoms with Crippen molar-refractivity contribution in [3.63, 3.8) is 0 Å². The van der Waals surface area contributed by atoms with Crippen LogP contribution in [0.15, 0.2) is 0 Å². The Hall–Kier alpha value is 0.0569. The second-order valence-corrected chi connectivity index (χ2v) is 6.46. The molecular weight excluding hydrogens is 210 g/mol. The van der Waals surface area contributed by atoms with Crippen LogP contribution in [0.1, 0.15) is 19.8 Å². The van der Waals surface area contributed by atoms with Crippen molar-refractivity contribution in [3.05, 3.63) is 0 Å². The molecule has 1 saturated heterocycles. The number of hydrogen-bond acceptors (Lipinski definition) is 4. The summed E-state index contributed by atoms with van der Waals surface area (Å²) in [6, 6.07) is 0.412. The standard InChI is InChI=1S/C10H23NO3Si/c1-4-5-10(15(12-2)13-3)9-8-14-7-6-11-9/h9-11,15H,4-8H2,1-3H3. The molecule has 15 heavy (non-hydrogen) atoms. The molecule has 0 aromatic rings. The highest BCUT2D eigenvalue weighted by molar-refractivity contribution is 6.46. The van der Waals surface area contributed by atoms with Gasteiger partial charge in [-0.3, -0.25) is 0 Å². The SMILES string of the molecule is CCCC(C1COCCN1)[SiH](OC)OC. The van der Waals surface area contributed by atoms with Gasteiger partial charge in [-0.05, 0) is 6.42 Å². The van der Waals surface area contributed by atoms with Crippen molar-refractivity contribution < 1.29 is 13.6 Å². The first-order chi connectivity index (χ1) is 7.33. The average molecular weight is 233 g/mol. The third-order valence-corrected chi connectivity index (χ3v) is 5.33. The van der Waals surface area contributed by atoms with E-state index < -0.39 is 9.28 Å². The fourth-order valence-corrected chi connectivity index (χ4v) is 4.29. The second kappa shape index (κ2) is 7.35. The van der Waals surface area contributed by atoms with E-state index in [9.17, 15) is 0 Å². The van der Waals surface area contributed by atoms with Crippen molar-refractivity contribution in [1.29, 1.82) is 0 Å². The van der Waals surface area contributed by atoms with Crippen LogP contribution in [0, 0.1) is 0 Å². The largest absolute Gasteiger partial charge is 0.400 e. The van der Waals surface area contributed by atoms with E-state index in [0.29, 0.717) is 11.6 Å². The van der Waals surface area contributed by atoms with Crippen LogP contribution in [0.25, 0.3) is 0 Å². The molecule has 0 saturated carbocycles. The lowest BCUT2D eigenvalue weighted by Gasteiger charge is -2.33. The normalized spacial score (nSPS) is 24.4. The molecule has 1 fully saturated rings. The molecule has 1 aliphatic heterocycles. The molecule has 0 radical (unpaired) electrons. The molecule has 90 valence electrons. The van der Waals surface area contributed by atoms with Gasteiger partial charge in [-0.2, -0.15) is 0 Å². The minimum absolute atomic E-state index is 0.412. The van der Waals surface area contributed by atoms with Gasteiger partial charge < -0.3 is 18.9 Å². The summed E-state index contributed by atoms with van der Waals surface area (Å²) in [4.78, 5) is 0. The van der Waals surface area contributed by atoms with E-state index in [4.69, 9.17) is 13.6 Å². The lowest BCUT2D eigenvalue weighted by molar-refractivity contribution is 0.0684. The molecule has 0 aromatic carbocycles. The van der Waals surface area contributed by atoms with Gasteiger partial charge in [-0.1, -0.05) is 13.3 Å². The van der Waals surface area contributed by atoms with Gasteiger partial charge in [0.1, 0.15) is 0 Å². The predicted octanol–water partition coefficient (Wildman–Crippen LogP) is 0.658. The van der Waals surface area contributed by atoms with Crippen LogP contribution in [0.2, 0.25) is 5.54 Å². The molecule has 0 aliphatic carbocycles. The van der Waals surface area contributed by atoms with E-state index in [0.717, 1.165) is 26.2 Å². The van der Waals surface area contributed by atoms with Gasteiger partial charge in [0.25, 0.3) is 0 Å². The van der Waals surface area contributed by atoms with Crippen LogP contribution in [0.5, 0.6) is 0 Å². The van der Waals surface area contributed by atoms with Gasteiger partial charge in [0.15, 0.2) is 0 Å². The fourth-order valence-electron chi connectivity index (χ4n) is 2.17. The number of hydrogen-bond donors (Lipinski definition) is 1. The van der Waals surface area contributed by atoms with Gasteiger partial charge in [-0.15, -0.1) is 0 Å². The molecule has 0 spiro atoms. The number of nitrogens with one attached hydrogen (secondary N) is 1. The van der Waals surface area contributed by atoms with Crippen molar-refractivity contribution in [2.45, 2.75) is 31.3 Å². The Morgan fingerprint density at radius 2 is 2.20 bits per heavy atom. The summed E-state index contributed by atoms with van der Waals surface area (Å²) in [5, 5.41) is 3.50. The van der Waals surface area contributed by atoms with E-state index in [1.165, 1.54) is 6.42 Å². The molecule has 0 bridgehead atoms. The molecule has 0 aromatic heterocycles. The Morgan fingerprint density at radius 1 is 1.47 bits per heavy atom. The molecule has 2 atom stereocenters. The Morgan fingerprint density at radius 3 is 2.67 bits per heavy atom. The molecule has 1 aliphatic rings. The Balaban J connectivity index is 2.53. The molecule has 1 heterocycles. The van der Waals surface area contributed by atoms with Crippen molar-refractivity contribution in [2.24, 2.45) is 0 Å². The van der Waals surface area contributed by atoms with Gasteiger partial charge in [-0.25, -0.2) is 0 Å². The molecule has 1 N–H and O–H groups in total. The maximum atomic E-state index is 5.50.